The first-order valence-electron chi connectivity index (χ1n) is 9.63. The minimum Gasteiger partial charge on any atom is -0.459 e. The van der Waals surface area contributed by atoms with E-state index in [2.05, 4.69) is 10.2 Å². The zero-order valence-corrected chi connectivity index (χ0v) is 16.8. The van der Waals surface area contributed by atoms with E-state index in [1.807, 2.05) is 47.8 Å². The van der Waals surface area contributed by atoms with Crippen LogP contribution >= 0.6 is 11.3 Å². The van der Waals surface area contributed by atoms with E-state index in [1.54, 1.807) is 28.4 Å². The first kappa shape index (κ1) is 19.4. The van der Waals surface area contributed by atoms with Gasteiger partial charge in [0, 0.05) is 31.1 Å². The molecule has 1 saturated heterocycles. The number of furan rings is 1. The van der Waals surface area contributed by atoms with Gasteiger partial charge in [-0.2, -0.15) is 0 Å². The van der Waals surface area contributed by atoms with E-state index in [0.29, 0.717) is 38.5 Å². The van der Waals surface area contributed by atoms with Crippen molar-refractivity contribution in [3.63, 3.8) is 0 Å². The van der Waals surface area contributed by atoms with Crippen molar-refractivity contribution in [1.82, 2.24) is 15.1 Å². The third kappa shape index (κ3) is 4.75. The van der Waals surface area contributed by atoms with Gasteiger partial charge in [-0.15, -0.1) is 11.3 Å². The Morgan fingerprint density at radius 2 is 1.79 bits per heavy atom. The Bertz CT molecular complexity index is 918. The number of thiophene rings is 1. The van der Waals surface area contributed by atoms with Crippen LogP contribution in [0.4, 0.5) is 0 Å². The van der Waals surface area contributed by atoms with E-state index in [4.69, 9.17) is 4.42 Å². The molecule has 1 aliphatic heterocycles. The molecule has 29 heavy (non-hydrogen) atoms. The fraction of sp³-hybridized carbons (Fsp3) is 0.273. The third-order valence-corrected chi connectivity index (χ3v) is 5.96. The van der Waals surface area contributed by atoms with Gasteiger partial charge in [-0.25, -0.2) is 0 Å². The van der Waals surface area contributed by atoms with Crippen LogP contribution in [0.3, 0.4) is 0 Å². The number of hydrogen-bond acceptors (Lipinski definition) is 5. The first-order valence-corrected chi connectivity index (χ1v) is 10.5. The van der Waals surface area contributed by atoms with Gasteiger partial charge in [0.2, 0.25) is 5.91 Å². The van der Waals surface area contributed by atoms with Gasteiger partial charge >= 0.3 is 0 Å². The summed E-state index contributed by atoms with van der Waals surface area (Å²) < 4.78 is 5.19. The lowest BCUT2D eigenvalue weighted by atomic mass is 10.1. The van der Waals surface area contributed by atoms with Gasteiger partial charge in [0.1, 0.15) is 0 Å². The molecule has 2 aromatic heterocycles. The number of rotatable bonds is 6. The van der Waals surface area contributed by atoms with E-state index >= 15 is 0 Å². The predicted octanol–water partition coefficient (Wildman–Crippen LogP) is 3.00. The molecule has 0 unspecified atom stereocenters. The molecule has 1 aliphatic rings. The fourth-order valence-electron chi connectivity index (χ4n) is 3.49. The average molecular weight is 410 g/mol. The molecule has 150 valence electrons. The maximum atomic E-state index is 12.7. The molecular formula is C22H23N3O3S. The lowest BCUT2D eigenvalue weighted by Crippen LogP contribution is -2.51. The molecule has 1 atom stereocenters. The second-order valence-corrected chi connectivity index (χ2v) is 7.95. The molecule has 0 bridgehead atoms. The van der Waals surface area contributed by atoms with Crippen molar-refractivity contribution in [2.75, 3.05) is 32.7 Å². The van der Waals surface area contributed by atoms with Crippen LogP contribution < -0.4 is 5.32 Å². The van der Waals surface area contributed by atoms with E-state index in [-0.39, 0.29) is 17.9 Å². The maximum absolute atomic E-state index is 12.7. The summed E-state index contributed by atoms with van der Waals surface area (Å²) in [6.45, 7) is 2.81. The molecule has 1 N–H and O–H groups in total. The molecule has 3 heterocycles. The molecule has 0 radical (unpaired) electrons. The summed E-state index contributed by atoms with van der Waals surface area (Å²) >= 11 is 1.63. The highest BCUT2D eigenvalue weighted by Crippen LogP contribution is 2.25. The lowest BCUT2D eigenvalue weighted by molar-refractivity contribution is -0.123. The Hall–Kier alpha value is -2.90. The van der Waals surface area contributed by atoms with Crippen LogP contribution in [0.5, 0.6) is 0 Å². The van der Waals surface area contributed by atoms with Crippen LogP contribution in [0.15, 0.2) is 70.7 Å². The highest BCUT2D eigenvalue weighted by Gasteiger charge is 2.25. The minimum atomic E-state index is -0.148. The van der Waals surface area contributed by atoms with Crippen molar-refractivity contribution in [3.8, 4) is 0 Å². The van der Waals surface area contributed by atoms with Crippen molar-refractivity contribution < 1.29 is 14.0 Å². The molecule has 7 heteroatoms. The van der Waals surface area contributed by atoms with Crippen LogP contribution in [-0.2, 0) is 4.79 Å². The Morgan fingerprint density at radius 3 is 2.45 bits per heavy atom. The smallest absolute Gasteiger partial charge is 0.289 e. The van der Waals surface area contributed by atoms with Crippen LogP contribution in [0.2, 0.25) is 0 Å². The second-order valence-electron chi connectivity index (χ2n) is 6.97. The zero-order valence-electron chi connectivity index (χ0n) is 16.0. The predicted molar refractivity (Wildman–Crippen MR) is 112 cm³/mol. The van der Waals surface area contributed by atoms with Crippen LogP contribution in [0.1, 0.15) is 27.0 Å². The molecular weight excluding hydrogens is 386 g/mol. The van der Waals surface area contributed by atoms with E-state index < -0.39 is 0 Å². The highest BCUT2D eigenvalue weighted by molar-refractivity contribution is 7.10. The van der Waals surface area contributed by atoms with Gasteiger partial charge < -0.3 is 14.6 Å². The van der Waals surface area contributed by atoms with E-state index in [0.717, 1.165) is 10.4 Å². The molecule has 2 amide bonds. The zero-order chi connectivity index (χ0) is 20.1. The lowest BCUT2D eigenvalue weighted by Gasteiger charge is -2.34. The first-order chi connectivity index (χ1) is 14.2. The van der Waals surface area contributed by atoms with Gasteiger partial charge in [0.25, 0.3) is 5.91 Å². The summed E-state index contributed by atoms with van der Waals surface area (Å²) in [5.74, 6) is 0.247. The van der Waals surface area contributed by atoms with Crippen LogP contribution in [0, 0.1) is 0 Å². The number of nitrogens with zero attached hydrogens (tertiary/aromatic N) is 2. The molecule has 1 aromatic carbocycles. The standard InChI is InChI=1S/C22H23N3O3S/c26-20(23-21(19-9-5-15-29-19)17-6-2-1-3-7-17)16-24-10-12-25(13-11-24)22(27)18-8-4-14-28-18/h1-9,14-15,21H,10-13,16H2,(H,23,26)/t21-/m1/s1. The van der Waals surface area contributed by atoms with Gasteiger partial charge in [0.05, 0.1) is 18.8 Å². The van der Waals surface area contributed by atoms with E-state index in [9.17, 15) is 9.59 Å². The Morgan fingerprint density at radius 1 is 1.00 bits per heavy atom. The number of amides is 2. The van der Waals surface area contributed by atoms with Gasteiger partial charge in [-0.05, 0) is 29.1 Å². The number of piperazine rings is 1. The van der Waals surface area contributed by atoms with Crippen molar-refractivity contribution >= 4 is 23.2 Å². The second kappa shape index (κ2) is 9.07. The monoisotopic (exact) mass is 409 g/mol. The Kier molecular flexibility index (Phi) is 6.07. The number of benzene rings is 1. The molecule has 1 fully saturated rings. The van der Waals surface area contributed by atoms with E-state index in [1.165, 1.54) is 6.26 Å². The van der Waals surface area contributed by atoms with Crippen molar-refractivity contribution in [2.24, 2.45) is 0 Å². The summed E-state index contributed by atoms with van der Waals surface area (Å²) in [6, 6.07) is 17.3. The maximum Gasteiger partial charge on any atom is 0.289 e. The molecule has 0 saturated carbocycles. The fourth-order valence-corrected chi connectivity index (χ4v) is 4.30. The number of carbonyl (C=O) groups is 2. The minimum absolute atomic E-state index is 0.0157. The Balaban J connectivity index is 1.33. The molecule has 3 aromatic rings. The Labute approximate surface area is 173 Å². The van der Waals surface area contributed by atoms with Crippen molar-refractivity contribution in [3.05, 3.63) is 82.4 Å². The molecule has 0 spiro atoms. The quantitative estimate of drug-likeness (QED) is 0.680. The summed E-state index contributed by atoms with van der Waals surface area (Å²) in [5, 5.41) is 5.19. The van der Waals surface area contributed by atoms with Crippen LogP contribution in [-0.4, -0.2) is 54.3 Å². The SMILES string of the molecule is O=C(CN1CCN(C(=O)c2ccco2)CC1)N[C@H](c1ccccc1)c1cccs1. The van der Waals surface area contributed by atoms with Crippen molar-refractivity contribution in [2.45, 2.75) is 6.04 Å². The molecule has 6 nitrogen and oxygen atoms in total. The van der Waals surface area contributed by atoms with Crippen molar-refractivity contribution in [1.29, 1.82) is 0 Å². The third-order valence-electron chi connectivity index (χ3n) is 5.02. The highest BCUT2D eigenvalue weighted by atomic mass is 32.1. The summed E-state index contributed by atoms with van der Waals surface area (Å²) in [5.41, 5.74) is 1.07. The molecule has 0 aliphatic carbocycles. The topological polar surface area (TPSA) is 65.8 Å². The van der Waals surface area contributed by atoms with Gasteiger partial charge in [-0.1, -0.05) is 36.4 Å². The van der Waals surface area contributed by atoms with Gasteiger partial charge in [0.15, 0.2) is 5.76 Å². The van der Waals surface area contributed by atoms with Crippen LogP contribution in [0.25, 0.3) is 0 Å². The normalized spacial score (nSPS) is 15.8. The molecule has 4 rings (SSSR count). The summed E-state index contributed by atoms with van der Waals surface area (Å²) in [7, 11) is 0. The summed E-state index contributed by atoms with van der Waals surface area (Å²) in [6.07, 6.45) is 1.50. The number of nitrogens with one attached hydrogen (secondary N) is 1. The largest absolute Gasteiger partial charge is 0.459 e. The van der Waals surface area contributed by atoms with Gasteiger partial charge in [-0.3, -0.25) is 14.5 Å². The number of hydrogen-bond donors (Lipinski definition) is 1. The number of carbonyl (C=O) groups excluding carboxylic acids is 2. The summed E-state index contributed by atoms with van der Waals surface area (Å²) in [4.78, 5) is 30.1. The average Bonchev–Trinajstić information content (AvgIpc) is 3.47.